The van der Waals surface area contributed by atoms with E-state index in [2.05, 4.69) is 4.98 Å². The van der Waals surface area contributed by atoms with Crippen LogP contribution in [0.2, 0.25) is 0 Å². The summed E-state index contributed by atoms with van der Waals surface area (Å²) in [6, 6.07) is 11.0. The van der Waals surface area contributed by atoms with E-state index in [0.29, 0.717) is 5.56 Å². The minimum absolute atomic E-state index is 0.410. The lowest BCUT2D eigenvalue weighted by Gasteiger charge is -2.01. The summed E-state index contributed by atoms with van der Waals surface area (Å²) < 4.78 is 0. The number of carbonyl (C=O) groups excluding carboxylic acids is 1. The van der Waals surface area contributed by atoms with Crippen LogP contribution >= 0.6 is 0 Å². The number of carbonyl (C=O) groups is 1. The third kappa shape index (κ3) is 2.02. The Kier molecular flexibility index (Phi) is 2.46. The molecule has 2 rings (SSSR count). The van der Waals surface area contributed by atoms with Crippen LogP contribution in [-0.2, 0) is 0 Å². The van der Waals surface area contributed by atoms with Crippen LogP contribution in [-0.4, -0.2) is 10.9 Å². The van der Waals surface area contributed by atoms with Crippen LogP contribution in [0.25, 0.3) is 11.1 Å². The maximum absolute atomic E-state index is 10.9. The number of benzene rings is 1. The van der Waals surface area contributed by atoms with E-state index < -0.39 is 5.91 Å². The maximum Gasteiger partial charge on any atom is 0.248 e. The van der Waals surface area contributed by atoms with Gasteiger partial charge in [-0.15, -0.1) is 0 Å². The maximum atomic E-state index is 10.9. The van der Waals surface area contributed by atoms with E-state index >= 15 is 0 Å². The predicted octanol–water partition coefficient (Wildman–Crippen LogP) is 1.85. The standard InChI is InChI=1S/C12H10N2O/c13-12(15)10-5-3-9(4-6-10)11-2-1-7-14-8-11/h1-8H,(H2,13,15). The van der Waals surface area contributed by atoms with Crippen molar-refractivity contribution in [3.63, 3.8) is 0 Å². The summed E-state index contributed by atoms with van der Waals surface area (Å²) in [7, 11) is 0. The van der Waals surface area contributed by atoms with Gasteiger partial charge in [-0.25, -0.2) is 0 Å². The summed E-state index contributed by atoms with van der Waals surface area (Å²) in [5.41, 5.74) is 7.71. The Morgan fingerprint density at radius 1 is 1.07 bits per heavy atom. The van der Waals surface area contributed by atoms with Gasteiger partial charge in [-0.1, -0.05) is 18.2 Å². The van der Waals surface area contributed by atoms with E-state index in [-0.39, 0.29) is 0 Å². The molecule has 0 unspecified atom stereocenters. The smallest absolute Gasteiger partial charge is 0.248 e. The van der Waals surface area contributed by atoms with Gasteiger partial charge >= 0.3 is 0 Å². The fraction of sp³-hybridized carbons (Fsp3) is 0. The van der Waals surface area contributed by atoms with Crippen LogP contribution in [0.5, 0.6) is 0 Å². The van der Waals surface area contributed by atoms with Gasteiger partial charge < -0.3 is 5.73 Å². The first kappa shape index (κ1) is 9.40. The second-order valence-corrected chi connectivity index (χ2v) is 3.18. The Labute approximate surface area is 87.6 Å². The summed E-state index contributed by atoms with van der Waals surface area (Å²) in [4.78, 5) is 14.9. The second kappa shape index (κ2) is 3.92. The molecule has 0 spiro atoms. The molecule has 1 aromatic heterocycles. The predicted molar refractivity (Wildman–Crippen MR) is 58.2 cm³/mol. The van der Waals surface area contributed by atoms with Gasteiger partial charge in [-0.05, 0) is 29.3 Å². The third-order valence-corrected chi connectivity index (χ3v) is 2.16. The highest BCUT2D eigenvalue weighted by molar-refractivity contribution is 5.93. The molecule has 1 heterocycles. The van der Waals surface area contributed by atoms with E-state index in [1.807, 2.05) is 24.3 Å². The van der Waals surface area contributed by atoms with Crippen LogP contribution < -0.4 is 5.73 Å². The fourth-order valence-electron chi connectivity index (χ4n) is 1.36. The van der Waals surface area contributed by atoms with Crippen molar-refractivity contribution in [2.24, 2.45) is 5.73 Å². The molecule has 0 aliphatic heterocycles. The number of aromatic nitrogens is 1. The fourth-order valence-corrected chi connectivity index (χ4v) is 1.36. The number of amides is 1. The molecular formula is C12H10N2O. The molecule has 0 aliphatic carbocycles. The first-order chi connectivity index (χ1) is 7.27. The van der Waals surface area contributed by atoms with Gasteiger partial charge in [0.2, 0.25) is 5.91 Å². The van der Waals surface area contributed by atoms with E-state index in [0.717, 1.165) is 11.1 Å². The number of nitrogens with zero attached hydrogens (tertiary/aromatic N) is 1. The lowest BCUT2D eigenvalue weighted by Crippen LogP contribution is -2.10. The molecule has 1 amide bonds. The summed E-state index contributed by atoms with van der Waals surface area (Å²) in [5, 5.41) is 0. The molecule has 0 saturated heterocycles. The Balaban J connectivity index is 2.36. The van der Waals surface area contributed by atoms with Gasteiger partial charge in [-0.3, -0.25) is 9.78 Å². The molecule has 0 saturated carbocycles. The molecule has 1 aromatic carbocycles. The number of pyridine rings is 1. The molecule has 3 nitrogen and oxygen atoms in total. The summed E-state index contributed by atoms with van der Waals surface area (Å²) in [5.74, 6) is -0.410. The lowest BCUT2D eigenvalue weighted by molar-refractivity contribution is 0.100. The molecule has 3 heteroatoms. The van der Waals surface area contributed by atoms with Crippen molar-refractivity contribution >= 4 is 5.91 Å². The van der Waals surface area contributed by atoms with Crippen LogP contribution in [0.4, 0.5) is 0 Å². The molecule has 0 radical (unpaired) electrons. The van der Waals surface area contributed by atoms with Crippen LogP contribution in [0.1, 0.15) is 10.4 Å². The Morgan fingerprint density at radius 3 is 2.33 bits per heavy atom. The monoisotopic (exact) mass is 198 g/mol. The normalized spacial score (nSPS) is 9.87. The minimum Gasteiger partial charge on any atom is -0.366 e. The molecule has 2 N–H and O–H groups in total. The molecule has 15 heavy (non-hydrogen) atoms. The molecule has 0 bridgehead atoms. The lowest BCUT2D eigenvalue weighted by atomic mass is 10.1. The first-order valence-electron chi connectivity index (χ1n) is 4.57. The number of hydrogen-bond acceptors (Lipinski definition) is 2. The van der Waals surface area contributed by atoms with Crippen molar-refractivity contribution in [1.29, 1.82) is 0 Å². The van der Waals surface area contributed by atoms with Crippen molar-refractivity contribution in [2.45, 2.75) is 0 Å². The Morgan fingerprint density at radius 2 is 1.80 bits per heavy atom. The van der Waals surface area contributed by atoms with E-state index in [9.17, 15) is 4.79 Å². The van der Waals surface area contributed by atoms with Crippen molar-refractivity contribution in [2.75, 3.05) is 0 Å². The Bertz CT molecular complexity index is 463. The largest absolute Gasteiger partial charge is 0.366 e. The molecule has 74 valence electrons. The average Bonchev–Trinajstić information content (AvgIpc) is 2.30. The third-order valence-electron chi connectivity index (χ3n) is 2.16. The molecule has 2 aromatic rings. The molecule has 0 aliphatic rings. The topological polar surface area (TPSA) is 56.0 Å². The molecule has 0 atom stereocenters. The highest BCUT2D eigenvalue weighted by Gasteiger charge is 2.00. The van der Waals surface area contributed by atoms with Crippen molar-refractivity contribution in [1.82, 2.24) is 4.98 Å². The number of primary amides is 1. The highest BCUT2D eigenvalue weighted by Crippen LogP contribution is 2.17. The van der Waals surface area contributed by atoms with Crippen LogP contribution in [0, 0.1) is 0 Å². The number of hydrogen-bond donors (Lipinski definition) is 1. The Hall–Kier alpha value is -2.16. The highest BCUT2D eigenvalue weighted by atomic mass is 16.1. The van der Waals surface area contributed by atoms with Gasteiger partial charge in [0.25, 0.3) is 0 Å². The zero-order valence-electron chi connectivity index (χ0n) is 8.05. The SMILES string of the molecule is NC(=O)c1ccc(-c2cccnc2)cc1. The molecular weight excluding hydrogens is 188 g/mol. The quantitative estimate of drug-likeness (QED) is 0.800. The minimum atomic E-state index is -0.410. The van der Waals surface area contributed by atoms with Gasteiger partial charge in [0, 0.05) is 18.0 Å². The first-order valence-corrected chi connectivity index (χ1v) is 4.57. The summed E-state index contributed by atoms with van der Waals surface area (Å²) in [6.07, 6.45) is 3.50. The number of nitrogens with two attached hydrogens (primary N) is 1. The van der Waals surface area contributed by atoms with Gasteiger partial charge in [0.1, 0.15) is 0 Å². The van der Waals surface area contributed by atoms with Crippen LogP contribution in [0.3, 0.4) is 0 Å². The van der Waals surface area contributed by atoms with Gasteiger partial charge in [0.05, 0.1) is 0 Å². The zero-order valence-corrected chi connectivity index (χ0v) is 8.05. The van der Waals surface area contributed by atoms with Crippen LogP contribution in [0.15, 0.2) is 48.8 Å². The molecule has 0 fully saturated rings. The van der Waals surface area contributed by atoms with Crippen molar-refractivity contribution < 1.29 is 4.79 Å². The van der Waals surface area contributed by atoms with Gasteiger partial charge in [-0.2, -0.15) is 0 Å². The van der Waals surface area contributed by atoms with E-state index in [4.69, 9.17) is 5.73 Å². The van der Waals surface area contributed by atoms with Crippen molar-refractivity contribution in [3.8, 4) is 11.1 Å². The van der Waals surface area contributed by atoms with Gasteiger partial charge in [0.15, 0.2) is 0 Å². The number of rotatable bonds is 2. The summed E-state index contributed by atoms with van der Waals surface area (Å²) in [6.45, 7) is 0. The summed E-state index contributed by atoms with van der Waals surface area (Å²) >= 11 is 0. The zero-order chi connectivity index (χ0) is 10.7. The second-order valence-electron chi connectivity index (χ2n) is 3.18. The van der Waals surface area contributed by atoms with Crippen molar-refractivity contribution in [3.05, 3.63) is 54.4 Å². The van der Waals surface area contributed by atoms with E-state index in [1.54, 1.807) is 24.5 Å². The van der Waals surface area contributed by atoms with E-state index in [1.165, 1.54) is 0 Å². The average molecular weight is 198 g/mol.